The second kappa shape index (κ2) is 4.60. The van der Waals surface area contributed by atoms with Crippen LogP contribution in [0.1, 0.15) is 25.0 Å². The molecule has 2 rings (SSSR count). The minimum Gasteiger partial charge on any atom is -0.394 e. The molecule has 0 spiro atoms. The SMILES string of the molecule is OCC1(NCc2cccc(Br)n2)CCC1. The van der Waals surface area contributed by atoms with Crippen LogP contribution in [0.5, 0.6) is 0 Å². The first-order chi connectivity index (χ1) is 7.24. The van der Waals surface area contributed by atoms with Crippen LogP contribution in [0.25, 0.3) is 0 Å². The largest absolute Gasteiger partial charge is 0.394 e. The Morgan fingerprint density at radius 3 is 2.80 bits per heavy atom. The molecule has 0 amide bonds. The minimum absolute atomic E-state index is 0.0377. The van der Waals surface area contributed by atoms with E-state index in [0.29, 0.717) is 0 Å². The van der Waals surface area contributed by atoms with Crippen molar-refractivity contribution in [2.24, 2.45) is 0 Å². The lowest BCUT2D eigenvalue weighted by Gasteiger charge is -2.41. The Bertz CT molecular complexity index is 334. The molecule has 0 aromatic carbocycles. The number of pyridine rings is 1. The molecule has 1 aromatic rings. The van der Waals surface area contributed by atoms with Crippen molar-refractivity contribution in [3.8, 4) is 0 Å². The number of nitrogens with zero attached hydrogens (tertiary/aromatic N) is 1. The molecule has 0 bridgehead atoms. The quantitative estimate of drug-likeness (QED) is 0.821. The molecule has 1 saturated carbocycles. The highest BCUT2D eigenvalue weighted by atomic mass is 79.9. The second-order valence-corrected chi connectivity index (χ2v) is 4.91. The first-order valence-electron chi connectivity index (χ1n) is 5.21. The third-order valence-corrected chi connectivity index (χ3v) is 3.47. The molecule has 82 valence electrons. The monoisotopic (exact) mass is 270 g/mol. The summed E-state index contributed by atoms with van der Waals surface area (Å²) < 4.78 is 0.855. The van der Waals surface area contributed by atoms with Crippen LogP contribution >= 0.6 is 15.9 Å². The molecule has 2 N–H and O–H groups in total. The van der Waals surface area contributed by atoms with Crippen LogP contribution in [0, 0.1) is 0 Å². The lowest BCUT2D eigenvalue weighted by molar-refractivity contribution is 0.0868. The average Bonchev–Trinajstić information content (AvgIpc) is 2.17. The van der Waals surface area contributed by atoms with Gasteiger partial charge in [0.1, 0.15) is 4.60 Å². The van der Waals surface area contributed by atoms with Crippen molar-refractivity contribution in [2.45, 2.75) is 31.3 Å². The molecule has 1 aromatic heterocycles. The summed E-state index contributed by atoms with van der Waals surface area (Å²) in [6.07, 6.45) is 3.34. The Balaban J connectivity index is 1.92. The average molecular weight is 271 g/mol. The summed E-state index contributed by atoms with van der Waals surface area (Å²) >= 11 is 3.34. The van der Waals surface area contributed by atoms with Gasteiger partial charge in [-0.05, 0) is 47.3 Å². The topological polar surface area (TPSA) is 45.1 Å². The number of aromatic nitrogens is 1. The molecule has 4 heteroatoms. The Hall–Kier alpha value is -0.450. The fourth-order valence-electron chi connectivity index (χ4n) is 1.82. The molecular formula is C11H15BrN2O. The number of halogens is 1. The Morgan fingerprint density at radius 2 is 2.27 bits per heavy atom. The van der Waals surface area contributed by atoms with Gasteiger partial charge in [0.25, 0.3) is 0 Å². The standard InChI is InChI=1S/C11H15BrN2O/c12-10-4-1-3-9(14-10)7-13-11(8-15)5-2-6-11/h1,3-4,13,15H,2,5-8H2. The highest BCUT2D eigenvalue weighted by Crippen LogP contribution is 2.31. The summed E-state index contributed by atoms with van der Waals surface area (Å²) in [6.45, 7) is 0.945. The summed E-state index contributed by atoms with van der Waals surface area (Å²) in [7, 11) is 0. The third-order valence-electron chi connectivity index (χ3n) is 3.03. The van der Waals surface area contributed by atoms with Crippen LogP contribution in [0.2, 0.25) is 0 Å². The highest BCUT2D eigenvalue weighted by Gasteiger charge is 2.35. The predicted octanol–water partition coefficient (Wildman–Crippen LogP) is 1.85. The highest BCUT2D eigenvalue weighted by molar-refractivity contribution is 9.10. The normalized spacial score (nSPS) is 18.5. The molecule has 0 unspecified atom stereocenters. The van der Waals surface area contributed by atoms with E-state index in [2.05, 4.69) is 26.2 Å². The zero-order chi connectivity index (χ0) is 10.7. The number of rotatable bonds is 4. The van der Waals surface area contributed by atoms with Crippen LogP contribution in [0.3, 0.4) is 0 Å². The molecule has 3 nitrogen and oxygen atoms in total. The smallest absolute Gasteiger partial charge is 0.106 e. The molecule has 15 heavy (non-hydrogen) atoms. The first-order valence-corrected chi connectivity index (χ1v) is 6.01. The maximum Gasteiger partial charge on any atom is 0.106 e. The van der Waals surface area contributed by atoms with E-state index in [1.165, 1.54) is 6.42 Å². The van der Waals surface area contributed by atoms with E-state index >= 15 is 0 Å². The fraction of sp³-hybridized carbons (Fsp3) is 0.545. The molecule has 0 aliphatic heterocycles. The van der Waals surface area contributed by atoms with Crippen LogP contribution in [0.4, 0.5) is 0 Å². The molecule has 1 heterocycles. The summed E-state index contributed by atoms with van der Waals surface area (Å²) in [4.78, 5) is 4.34. The van der Waals surface area contributed by atoms with Gasteiger partial charge >= 0.3 is 0 Å². The molecule has 1 fully saturated rings. The van der Waals surface area contributed by atoms with Crippen molar-refractivity contribution in [3.05, 3.63) is 28.5 Å². The Labute approximate surface area is 98.0 Å². The maximum absolute atomic E-state index is 9.28. The number of aliphatic hydroxyl groups is 1. The molecule has 1 aliphatic carbocycles. The van der Waals surface area contributed by atoms with Crippen molar-refractivity contribution in [3.63, 3.8) is 0 Å². The van der Waals surface area contributed by atoms with Crippen molar-refractivity contribution in [2.75, 3.05) is 6.61 Å². The van der Waals surface area contributed by atoms with Crippen molar-refractivity contribution >= 4 is 15.9 Å². The maximum atomic E-state index is 9.28. The van der Waals surface area contributed by atoms with Crippen molar-refractivity contribution < 1.29 is 5.11 Å². The van der Waals surface area contributed by atoms with Crippen LogP contribution in [0.15, 0.2) is 22.8 Å². The van der Waals surface area contributed by atoms with Gasteiger partial charge in [-0.1, -0.05) is 6.07 Å². The van der Waals surface area contributed by atoms with Gasteiger partial charge in [-0.25, -0.2) is 4.98 Å². The van der Waals surface area contributed by atoms with Crippen LogP contribution in [-0.2, 0) is 6.54 Å². The van der Waals surface area contributed by atoms with Gasteiger partial charge in [0.05, 0.1) is 12.3 Å². The minimum atomic E-state index is -0.0377. The van der Waals surface area contributed by atoms with Crippen LogP contribution < -0.4 is 5.32 Å². The zero-order valence-corrected chi connectivity index (χ0v) is 10.1. The van der Waals surface area contributed by atoms with E-state index in [9.17, 15) is 5.11 Å². The van der Waals surface area contributed by atoms with Gasteiger partial charge in [-0.2, -0.15) is 0 Å². The second-order valence-electron chi connectivity index (χ2n) is 4.10. The molecule has 0 radical (unpaired) electrons. The van der Waals surface area contributed by atoms with Crippen molar-refractivity contribution in [1.82, 2.24) is 10.3 Å². The predicted molar refractivity (Wildman–Crippen MR) is 62.4 cm³/mol. The summed E-state index contributed by atoms with van der Waals surface area (Å²) in [6, 6.07) is 5.87. The lowest BCUT2D eigenvalue weighted by Crippen LogP contribution is -2.53. The van der Waals surface area contributed by atoms with Gasteiger partial charge in [0, 0.05) is 12.1 Å². The third kappa shape index (κ3) is 2.56. The Morgan fingerprint density at radius 1 is 1.47 bits per heavy atom. The van der Waals surface area contributed by atoms with Gasteiger partial charge in [-0.3, -0.25) is 0 Å². The van der Waals surface area contributed by atoms with Gasteiger partial charge < -0.3 is 10.4 Å². The van der Waals surface area contributed by atoms with E-state index < -0.39 is 0 Å². The summed E-state index contributed by atoms with van der Waals surface area (Å²) in [5, 5.41) is 12.7. The summed E-state index contributed by atoms with van der Waals surface area (Å²) in [5.74, 6) is 0. The van der Waals surface area contributed by atoms with E-state index in [4.69, 9.17) is 0 Å². The Kier molecular flexibility index (Phi) is 3.38. The lowest BCUT2D eigenvalue weighted by atomic mass is 9.77. The van der Waals surface area contributed by atoms with E-state index in [-0.39, 0.29) is 12.1 Å². The van der Waals surface area contributed by atoms with Crippen molar-refractivity contribution in [1.29, 1.82) is 0 Å². The van der Waals surface area contributed by atoms with E-state index in [0.717, 1.165) is 29.7 Å². The first kappa shape index (κ1) is 11.0. The number of aliphatic hydroxyl groups excluding tert-OH is 1. The van der Waals surface area contributed by atoms with Gasteiger partial charge in [-0.15, -0.1) is 0 Å². The summed E-state index contributed by atoms with van der Waals surface area (Å²) in [5.41, 5.74) is 0.966. The number of hydrogen-bond donors (Lipinski definition) is 2. The van der Waals surface area contributed by atoms with E-state index in [1.807, 2.05) is 18.2 Å². The molecule has 1 aliphatic rings. The van der Waals surface area contributed by atoms with Crippen LogP contribution in [-0.4, -0.2) is 22.2 Å². The van der Waals surface area contributed by atoms with Gasteiger partial charge in [0.15, 0.2) is 0 Å². The molecule has 0 atom stereocenters. The number of nitrogens with one attached hydrogen (secondary N) is 1. The van der Waals surface area contributed by atoms with Gasteiger partial charge in [0.2, 0.25) is 0 Å². The number of hydrogen-bond acceptors (Lipinski definition) is 3. The fourth-order valence-corrected chi connectivity index (χ4v) is 2.20. The molecular weight excluding hydrogens is 256 g/mol. The zero-order valence-electron chi connectivity index (χ0n) is 8.54. The molecule has 0 saturated heterocycles. The van der Waals surface area contributed by atoms with E-state index in [1.54, 1.807) is 0 Å².